The minimum Gasteiger partial charge on any atom is -0.450 e. The minimum absolute atomic E-state index is 0.0360. The fourth-order valence-electron chi connectivity index (χ4n) is 2.88. The summed E-state index contributed by atoms with van der Waals surface area (Å²) in [5, 5.41) is 5.85. The maximum Gasteiger partial charge on any atom is 0.409 e. The zero-order valence-electron chi connectivity index (χ0n) is 14.7. The van der Waals surface area contributed by atoms with Crippen LogP contribution in [0.25, 0.3) is 10.6 Å². The minimum atomic E-state index is -0.275. The molecule has 1 aliphatic rings. The van der Waals surface area contributed by atoms with E-state index in [1.54, 1.807) is 24.2 Å². The maximum atomic E-state index is 12.3. The summed E-state index contributed by atoms with van der Waals surface area (Å²) in [6.07, 6.45) is 4.92. The number of amides is 2. The third-order valence-electron chi connectivity index (χ3n) is 4.21. The van der Waals surface area contributed by atoms with Crippen LogP contribution in [0.4, 0.5) is 4.79 Å². The number of likely N-dealkylation sites (tertiary alicyclic amines) is 1. The van der Waals surface area contributed by atoms with Crippen molar-refractivity contribution in [2.75, 3.05) is 19.7 Å². The van der Waals surface area contributed by atoms with Gasteiger partial charge in [-0.1, -0.05) is 0 Å². The number of aromatic nitrogens is 2. The van der Waals surface area contributed by atoms with Crippen LogP contribution in [0.1, 0.15) is 25.5 Å². The third-order valence-corrected chi connectivity index (χ3v) is 5.15. The number of piperidine rings is 1. The molecule has 0 saturated carbocycles. The Hall–Kier alpha value is -2.48. The molecule has 0 atom stereocenters. The van der Waals surface area contributed by atoms with Gasteiger partial charge in [0.25, 0.3) is 0 Å². The number of nitrogens with one attached hydrogen (secondary N) is 1. The highest BCUT2D eigenvalue weighted by Crippen LogP contribution is 2.23. The van der Waals surface area contributed by atoms with E-state index in [0.29, 0.717) is 19.7 Å². The summed E-state index contributed by atoms with van der Waals surface area (Å²) in [7, 11) is 0. The number of hydrogen-bond acceptors (Lipinski definition) is 6. The fraction of sp³-hybridized carbons (Fsp3) is 0.444. The average molecular weight is 374 g/mol. The van der Waals surface area contributed by atoms with Crippen molar-refractivity contribution in [2.45, 2.75) is 32.2 Å². The van der Waals surface area contributed by atoms with Crippen LogP contribution in [0.5, 0.6) is 0 Å². The highest BCUT2D eigenvalue weighted by Gasteiger charge is 2.24. The summed E-state index contributed by atoms with van der Waals surface area (Å²) in [6.45, 7) is 3.38. The molecule has 0 radical (unpaired) electrons. The molecule has 0 aromatic carbocycles. The lowest BCUT2D eigenvalue weighted by Crippen LogP contribution is -2.47. The molecule has 1 fully saturated rings. The van der Waals surface area contributed by atoms with E-state index in [9.17, 15) is 9.59 Å². The molecule has 3 heterocycles. The lowest BCUT2D eigenvalue weighted by atomic mass is 10.1. The summed E-state index contributed by atoms with van der Waals surface area (Å²) in [5.41, 5.74) is 1.77. The SMILES string of the molecule is CCOC(=O)N1CCC(NC(=O)Cc2csc(-c3ccncc3)n2)CC1. The number of rotatable bonds is 5. The van der Waals surface area contributed by atoms with Gasteiger partial charge in [-0.15, -0.1) is 11.3 Å². The zero-order chi connectivity index (χ0) is 18.4. The lowest BCUT2D eigenvalue weighted by molar-refractivity contribution is -0.121. The highest BCUT2D eigenvalue weighted by molar-refractivity contribution is 7.13. The number of ether oxygens (including phenoxy) is 1. The van der Waals surface area contributed by atoms with Gasteiger partial charge in [-0.3, -0.25) is 9.78 Å². The van der Waals surface area contributed by atoms with Crippen LogP contribution >= 0.6 is 11.3 Å². The van der Waals surface area contributed by atoms with E-state index in [1.165, 1.54) is 11.3 Å². The molecule has 1 N–H and O–H groups in total. The smallest absolute Gasteiger partial charge is 0.409 e. The first-order valence-corrected chi connectivity index (χ1v) is 9.59. The Morgan fingerprint density at radius 1 is 1.31 bits per heavy atom. The number of hydrogen-bond donors (Lipinski definition) is 1. The van der Waals surface area contributed by atoms with Crippen LogP contribution in [0.2, 0.25) is 0 Å². The molecule has 2 amide bonds. The summed E-state index contributed by atoms with van der Waals surface area (Å²) in [6, 6.07) is 3.89. The second-order valence-electron chi connectivity index (χ2n) is 6.08. The number of nitrogens with zero attached hydrogens (tertiary/aromatic N) is 3. The number of carbonyl (C=O) groups excluding carboxylic acids is 2. The lowest BCUT2D eigenvalue weighted by Gasteiger charge is -2.31. The Balaban J connectivity index is 1.47. The van der Waals surface area contributed by atoms with Crippen molar-refractivity contribution < 1.29 is 14.3 Å². The molecule has 0 bridgehead atoms. The zero-order valence-corrected chi connectivity index (χ0v) is 15.5. The largest absolute Gasteiger partial charge is 0.450 e. The topological polar surface area (TPSA) is 84.4 Å². The van der Waals surface area contributed by atoms with Crippen LogP contribution in [-0.4, -0.2) is 52.6 Å². The maximum absolute atomic E-state index is 12.3. The molecule has 0 spiro atoms. The Morgan fingerprint density at radius 3 is 2.73 bits per heavy atom. The van der Waals surface area contributed by atoms with Gasteiger partial charge >= 0.3 is 6.09 Å². The first-order chi connectivity index (χ1) is 12.7. The molecule has 1 saturated heterocycles. The Kier molecular flexibility index (Phi) is 6.17. The number of pyridine rings is 1. The van der Waals surface area contributed by atoms with Gasteiger partial charge in [0.1, 0.15) is 5.01 Å². The molecule has 26 heavy (non-hydrogen) atoms. The van der Waals surface area contributed by atoms with Crippen molar-refractivity contribution in [3.63, 3.8) is 0 Å². The molecule has 7 nitrogen and oxygen atoms in total. The molecular formula is C18H22N4O3S. The first kappa shape index (κ1) is 18.3. The van der Waals surface area contributed by atoms with Gasteiger partial charge < -0.3 is 15.0 Å². The van der Waals surface area contributed by atoms with Crippen LogP contribution in [-0.2, 0) is 16.0 Å². The number of thiazole rings is 1. The molecule has 0 unspecified atom stereocenters. The van der Waals surface area contributed by atoms with E-state index in [2.05, 4.69) is 15.3 Å². The second-order valence-corrected chi connectivity index (χ2v) is 6.94. The van der Waals surface area contributed by atoms with Crippen molar-refractivity contribution in [3.8, 4) is 10.6 Å². The van der Waals surface area contributed by atoms with Gasteiger partial charge in [0, 0.05) is 42.5 Å². The summed E-state index contributed by atoms with van der Waals surface area (Å²) < 4.78 is 5.00. The monoisotopic (exact) mass is 374 g/mol. The van der Waals surface area contributed by atoms with E-state index >= 15 is 0 Å². The Bertz CT molecular complexity index is 742. The predicted molar refractivity (Wildman–Crippen MR) is 98.8 cm³/mol. The van der Waals surface area contributed by atoms with Crippen molar-refractivity contribution in [1.82, 2.24) is 20.2 Å². The van der Waals surface area contributed by atoms with Gasteiger partial charge in [-0.25, -0.2) is 9.78 Å². The van der Waals surface area contributed by atoms with Crippen molar-refractivity contribution in [3.05, 3.63) is 35.6 Å². The Morgan fingerprint density at radius 2 is 2.04 bits per heavy atom. The quantitative estimate of drug-likeness (QED) is 0.869. The van der Waals surface area contributed by atoms with Gasteiger partial charge in [-0.05, 0) is 31.9 Å². The highest BCUT2D eigenvalue weighted by atomic mass is 32.1. The van der Waals surface area contributed by atoms with Gasteiger partial charge in [0.05, 0.1) is 18.7 Å². The van der Waals surface area contributed by atoms with Gasteiger partial charge in [0.2, 0.25) is 5.91 Å². The van der Waals surface area contributed by atoms with Gasteiger partial charge in [0.15, 0.2) is 0 Å². The molecule has 3 rings (SSSR count). The third kappa shape index (κ3) is 4.78. The predicted octanol–water partition coefficient (Wildman–Crippen LogP) is 2.48. The number of carbonyl (C=O) groups is 2. The summed E-state index contributed by atoms with van der Waals surface area (Å²) in [5.74, 6) is -0.0360. The molecule has 0 aliphatic carbocycles. The Labute approximate surface area is 156 Å². The normalized spacial score (nSPS) is 14.9. The molecule has 8 heteroatoms. The second kappa shape index (κ2) is 8.75. The van der Waals surface area contributed by atoms with Crippen LogP contribution < -0.4 is 5.32 Å². The first-order valence-electron chi connectivity index (χ1n) is 8.71. The molecule has 1 aliphatic heterocycles. The molecule has 2 aromatic heterocycles. The molecular weight excluding hydrogens is 352 g/mol. The van der Waals surface area contributed by atoms with Crippen molar-refractivity contribution in [2.24, 2.45) is 0 Å². The van der Waals surface area contributed by atoms with E-state index in [0.717, 1.165) is 29.1 Å². The van der Waals surface area contributed by atoms with Crippen molar-refractivity contribution >= 4 is 23.3 Å². The molecule has 138 valence electrons. The van der Waals surface area contributed by atoms with E-state index < -0.39 is 0 Å². The van der Waals surface area contributed by atoms with E-state index in [-0.39, 0.29) is 24.5 Å². The van der Waals surface area contributed by atoms with E-state index in [4.69, 9.17) is 4.74 Å². The van der Waals surface area contributed by atoms with Gasteiger partial charge in [-0.2, -0.15) is 0 Å². The van der Waals surface area contributed by atoms with Crippen molar-refractivity contribution in [1.29, 1.82) is 0 Å². The fourth-order valence-corrected chi connectivity index (χ4v) is 3.71. The average Bonchev–Trinajstić information content (AvgIpc) is 3.11. The van der Waals surface area contributed by atoms with Crippen LogP contribution in [0, 0.1) is 0 Å². The van der Waals surface area contributed by atoms with E-state index in [1.807, 2.05) is 17.5 Å². The summed E-state index contributed by atoms with van der Waals surface area (Å²) >= 11 is 1.52. The van der Waals surface area contributed by atoms with Crippen LogP contribution in [0.15, 0.2) is 29.9 Å². The van der Waals surface area contributed by atoms with Crippen LogP contribution in [0.3, 0.4) is 0 Å². The summed E-state index contributed by atoms with van der Waals surface area (Å²) in [4.78, 5) is 34.2. The standard InChI is InChI=1S/C18H22N4O3S/c1-2-25-18(24)22-9-5-14(6-10-22)20-16(23)11-15-12-26-17(21-15)13-3-7-19-8-4-13/h3-4,7-8,12,14H,2,5-6,9-11H2,1H3,(H,20,23). The molecule has 2 aromatic rings.